The number of piperazine rings is 1. The van der Waals surface area contributed by atoms with Crippen molar-refractivity contribution in [2.24, 2.45) is 0 Å². The van der Waals surface area contributed by atoms with Gasteiger partial charge in [-0.3, -0.25) is 24.2 Å². The van der Waals surface area contributed by atoms with Crippen LogP contribution >= 0.6 is 11.8 Å². The van der Waals surface area contributed by atoms with E-state index in [1.165, 1.54) is 30.7 Å². The molecule has 0 atom stereocenters. The highest BCUT2D eigenvalue weighted by molar-refractivity contribution is 7.98. The van der Waals surface area contributed by atoms with Gasteiger partial charge >= 0.3 is 0 Å². The number of amides is 3. The molecule has 0 aromatic rings. The summed E-state index contributed by atoms with van der Waals surface area (Å²) in [7, 11) is 0. The number of carbonyl (C=O) groups is 3. The topological polar surface area (TPSA) is 60.9 Å². The highest BCUT2D eigenvalue weighted by Gasteiger charge is 2.26. The van der Waals surface area contributed by atoms with Gasteiger partial charge in [0.1, 0.15) is 0 Å². The predicted molar refractivity (Wildman–Crippen MR) is 91.1 cm³/mol. The Labute approximate surface area is 141 Å². The third-order valence-corrected chi connectivity index (χ3v) is 4.94. The van der Waals surface area contributed by atoms with Gasteiger partial charge < -0.3 is 4.90 Å². The normalized spacial score (nSPS) is 19.0. The molecule has 0 aromatic carbocycles. The molecule has 6 nitrogen and oxygen atoms in total. The van der Waals surface area contributed by atoms with Gasteiger partial charge in [0.2, 0.25) is 5.91 Å². The van der Waals surface area contributed by atoms with Crippen LogP contribution in [0, 0.1) is 0 Å². The van der Waals surface area contributed by atoms with E-state index in [-0.39, 0.29) is 30.7 Å². The summed E-state index contributed by atoms with van der Waals surface area (Å²) in [5, 5.41) is 0. The highest BCUT2D eigenvalue weighted by atomic mass is 32.2. The van der Waals surface area contributed by atoms with E-state index in [0.29, 0.717) is 0 Å². The molecule has 1 fully saturated rings. The second-order valence-electron chi connectivity index (χ2n) is 5.83. The van der Waals surface area contributed by atoms with Crippen LogP contribution in [-0.2, 0) is 14.4 Å². The molecule has 0 saturated carbocycles. The minimum absolute atomic E-state index is 0.0273. The lowest BCUT2D eigenvalue weighted by Crippen LogP contribution is -2.49. The number of rotatable bonds is 8. The first-order chi connectivity index (χ1) is 11.1. The van der Waals surface area contributed by atoms with Crippen molar-refractivity contribution in [1.82, 2.24) is 14.7 Å². The molecular formula is C16H25N3O3S. The Bertz CT molecular complexity index is 455. The molecule has 2 aliphatic rings. The van der Waals surface area contributed by atoms with Crippen LogP contribution in [-0.4, -0.2) is 83.7 Å². The van der Waals surface area contributed by atoms with Gasteiger partial charge in [0.05, 0.1) is 0 Å². The van der Waals surface area contributed by atoms with Crippen LogP contribution in [0.2, 0.25) is 0 Å². The van der Waals surface area contributed by atoms with E-state index in [1.54, 1.807) is 0 Å². The first kappa shape index (κ1) is 18.0. The molecule has 0 radical (unpaired) electrons. The smallest absolute Gasteiger partial charge is 0.253 e. The molecule has 128 valence electrons. The maximum absolute atomic E-state index is 12.2. The number of unbranched alkanes of at least 4 members (excludes halogenated alkanes) is 1. The van der Waals surface area contributed by atoms with Gasteiger partial charge in [-0.05, 0) is 31.4 Å². The fourth-order valence-corrected chi connectivity index (χ4v) is 3.31. The number of carbonyl (C=O) groups excluding carboxylic acids is 3. The van der Waals surface area contributed by atoms with Gasteiger partial charge in [-0.2, -0.15) is 11.8 Å². The standard InChI is InChI=1S/C16H25N3O3S/c1-23-13-3-2-7-17-9-11-18(12-10-17)14(20)6-8-19-15(21)4-5-16(19)22/h4-5H,2-3,6-13H2,1H3. The van der Waals surface area contributed by atoms with E-state index < -0.39 is 0 Å². The average molecular weight is 339 g/mol. The molecule has 2 aliphatic heterocycles. The van der Waals surface area contributed by atoms with Crippen molar-refractivity contribution in [3.05, 3.63) is 12.2 Å². The second kappa shape index (κ2) is 9.08. The minimum Gasteiger partial charge on any atom is -0.340 e. The zero-order chi connectivity index (χ0) is 16.7. The molecule has 1 saturated heterocycles. The number of thioether (sulfide) groups is 1. The van der Waals surface area contributed by atoms with Crippen LogP contribution in [0.3, 0.4) is 0 Å². The van der Waals surface area contributed by atoms with Crippen molar-refractivity contribution in [3.8, 4) is 0 Å². The highest BCUT2D eigenvalue weighted by Crippen LogP contribution is 2.09. The van der Waals surface area contributed by atoms with E-state index in [2.05, 4.69) is 11.2 Å². The molecule has 0 aliphatic carbocycles. The van der Waals surface area contributed by atoms with E-state index in [1.807, 2.05) is 16.7 Å². The van der Waals surface area contributed by atoms with E-state index >= 15 is 0 Å². The lowest BCUT2D eigenvalue weighted by molar-refractivity contribution is -0.138. The summed E-state index contributed by atoms with van der Waals surface area (Å²) < 4.78 is 0. The van der Waals surface area contributed by atoms with Gasteiger partial charge in [0.25, 0.3) is 11.8 Å². The molecule has 2 rings (SSSR count). The SMILES string of the molecule is CSCCCCN1CCN(C(=O)CCN2C(=O)C=CC2=O)CC1. The summed E-state index contributed by atoms with van der Waals surface area (Å²) in [6, 6.07) is 0. The first-order valence-electron chi connectivity index (χ1n) is 8.14. The van der Waals surface area contributed by atoms with Gasteiger partial charge in [-0.15, -0.1) is 0 Å². The summed E-state index contributed by atoms with van der Waals surface area (Å²) in [6.07, 6.45) is 7.30. The fourth-order valence-electron chi connectivity index (χ4n) is 2.82. The van der Waals surface area contributed by atoms with Gasteiger partial charge in [-0.1, -0.05) is 0 Å². The molecule has 0 unspecified atom stereocenters. The summed E-state index contributed by atoms with van der Waals surface area (Å²) in [5.41, 5.74) is 0. The fraction of sp³-hybridized carbons (Fsp3) is 0.688. The van der Waals surface area contributed by atoms with E-state index in [4.69, 9.17) is 0 Å². The van der Waals surface area contributed by atoms with Crippen molar-refractivity contribution in [2.75, 3.05) is 51.3 Å². The maximum Gasteiger partial charge on any atom is 0.253 e. The Hall–Kier alpha value is -1.34. The second-order valence-corrected chi connectivity index (χ2v) is 6.82. The third kappa shape index (κ3) is 5.35. The van der Waals surface area contributed by atoms with Crippen LogP contribution in [0.4, 0.5) is 0 Å². The lowest BCUT2D eigenvalue weighted by atomic mass is 10.2. The largest absolute Gasteiger partial charge is 0.340 e. The zero-order valence-corrected chi connectivity index (χ0v) is 14.5. The summed E-state index contributed by atoms with van der Waals surface area (Å²) in [5.74, 6) is 0.594. The minimum atomic E-state index is -0.321. The van der Waals surface area contributed by atoms with Crippen LogP contribution in [0.15, 0.2) is 12.2 Å². The molecule has 2 heterocycles. The number of nitrogens with zero attached hydrogens (tertiary/aromatic N) is 3. The van der Waals surface area contributed by atoms with Gasteiger partial charge in [0, 0.05) is 51.3 Å². The van der Waals surface area contributed by atoms with Crippen LogP contribution < -0.4 is 0 Å². The van der Waals surface area contributed by atoms with Crippen molar-refractivity contribution in [3.63, 3.8) is 0 Å². The Kier molecular flexibility index (Phi) is 7.11. The van der Waals surface area contributed by atoms with Crippen molar-refractivity contribution in [2.45, 2.75) is 19.3 Å². The van der Waals surface area contributed by atoms with Crippen LogP contribution in [0.25, 0.3) is 0 Å². The van der Waals surface area contributed by atoms with Crippen molar-refractivity contribution in [1.29, 1.82) is 0 Å². The molecule has 0 spiro atoms. The van der Waals surface area contributed by atoms with Crippen LogP contribution in [0.5, 0.6) is 0 Å². The monoisotopic (exact) mass is 339 g/mol. The maximum atomic E-state index is 12.2. The Balaban J connectivity index is 1.64. The van der Waals surface area contributed by atoms with Crippen LogP contribution in [0.1, 0.15) is 19.3 Å². The molecule has 0 aromatic heterocycles. The van der Waals surface area contributed by atoms with E-state index in [9.17, 15) is 14.4 Å². The van der Waals surface area contributed by atoms with E-state index in [0.717, 1.165) is 37.6 Å². The zero-order valence-electron chi connectivity index (χ0n) is 13.7. The summed E-state index contributed by atoms with van der Waals surface area (Å²) >= 11 is 1.88. The summed E-state index contributed by atoms with van der Waals surface area (Å²) in [6.45, 7) is 4.58. The van der Waals surface area contributed by atoms with Crippen molar-refractivity contribution >= 4 is 29.5 Å². The quantitative estimate of drug-likeness (QED) is 0.478. The number of imide groups is 1. The number of hydrogen-bond acceptors (Lipinski definition) is 5. The van der Waals surface area contributed by atoms with Gasteiger partial charge in [-0.25, -0.2) is 0 Å². The molecule has 3 amide bonds. The molecule has 0 N–H and O–H groups in total. The van der Waals surface area contributed by atoms with Crippen molar-refractivity contribution < 1.29 is 14.4 Å². The molecule has 7 heteroatoms. The molecular weight excluding hydrogens is 314 g/mol. The average Bonchev–Trinajstić information content (AvgIpc) is 2.88. The first-order valence-corrected chi connectivity index (χ1v) is 9.54. The molecule has 0 bridgehead atoms. The number of hydrogen-bond donors (Lipinski definition) is 0. The Morgan fingerprint density at radius 1 is 1.04 bits per heavy atom. The Morgan fingerprint density at radius 2 is 1.70 bits per heavy atom. The Morgan fingerprint density at radius 3 is 2.30 bits per heavy atom. The predicted octanol–water partition coefficient (Wildman–Crippen LogP) is 0.589. The lowest BCUT2D eigenvalue weighted by Gasteiger charge is -2.35. The summed E-state index contributed by atoms with van der Waals surface area (Å²) in [4.78, 5) is 40.5. The van der Waals surface area contributed by atoms with Gasteiger partial charge in [0.15, 0.2) is 0 Å². The molecule has 23 heavy (non-hydrogen) atoms. The third-order valence-electron chi connectivity index (χ3n) is 4.25.